The van der Waals surface area contributed by atoms with Crippen LogP contribution in [0.1, 0.15) is 356 Å². The molecule has 0 saturated heterocycles. The van der Waals surface area contributed by atoms with Crippen LogP contribution in [0.5, 0.6) is 0 Å². The average Bonchev–Trinajstić information content (AvgIpc) is 3.22. The van der Waals surface area contributed by atoms with Gasteiger partial charge in [0.15, 0.2) is 12.2 Å². The van der Waals surface area contributed by atoms with Crippen molar-refractivity contribution in [1.29, 1.82) is 0 Å². The maximum absolute atomic E-state index is 13.1. The summed E-state index contributed by atoms with van der Waals surface area (Å²) >= 11 is 0. The summed E-state index contributed by atoms with van der Waals surface area (Å²) in [5.41, 5.74) is 0. The van der Waals surface area contributed by atoms with E-state index in [1.807, 2.05) is 0 Å². The van der Waals surface area contributed by atoms with Gasteiger partial charge in [0.2, 0.25) is 0 Å². The van der Waals surface area contributed by atoms with Crippen LogP contribution in [-0.4, -0.2) is 96.7 Å². The summed E-state index contributed by atoms with van der Waals surface area (Å²) in [6.07, 6.45) is 54.8. The Labute approximate surface area is 567 Å². The fraction of sp³-hybridized carbons (Fsp3) is 0.892. The van der Waals surface area contributed by atoms with Gasteiger partial charge in [-0.2, -0.15) is 0 Å². The number of rotatable bonds is 71. The molecule has 93 heavy (non-hydrogen) atoms. The topological polar surface area (TPSA) is 237 Å². The number of aliphatic hydroxyl groups excluding tert-OH is 1. The summed E-state index contributed by atoms with van der Waals surface area (Å²) < 4.78 is 68.3. The molecule has 0 spiro atoms. The Hall–Kier alpha value is -2.46. The normalized spacial score (nSPS) is 14.8. The van der Waals surface area contributed by atoms with Crippen molar-refractivity contribution >= 4 is 39.5 Å². The molecule has 0 fully saturated rings. The summed E-state index contributed by atoms with van der Waals surface area (Å²) in [6.45, 7) is 9.53. The van der Waals surface area contributed by atoms with Crippen LogP contribution in [0.25, 0.3) is 0 Å². The molecule has 0 aliphatic heterocycles. The van der Waals surface area contributed by atoms with Gasteiger partial charge in [-0.3, -0.25) is 37.3 Å². The second kappa shape index (κ2) is 65.5. The number of carbonyl (C=O) groups is 4. The van der Waals surface area contributed by atoms with Crippen LogP contribution in [-0.2, 0) is 65.4 Å². The van der Waals surface area contributed by atoms with Crippen LogP contribution in [0.3, 0.4) is 0 Å². The Morgan fingerprint density at radius 3 is 0.914 bits per heavy atom. The van der Waals surface area contributed by atoms with E-state index in [9.17, 15) is 43.2 Å². The highest BCUT2D eigenvalue weighted by molar-refractivity contribution is 7.47. The first-order chi connectivity index (χ1) is 44.9. The molecule has 0 aliphatic rings. The number of aliphatic hydroxyl groups is 1. The van der Waals surface area contributed by atoms with Crippen molar-refractivity contribution in [3.63, 3.8) is 0 Å². The van der Waals surface area contributed by atoms with Crippen molar-refractivity contribution in [2.24, 2.45) is 11.8 Å². The highest BCUT2D eigenvalue weighted by Crippen LogP contribution is 2.45. The number of carbonyl (C=O) groups excluding carboxylic acids is 4. The van der Waals surface area contributed by atoms with Gasteiger partial charge in [0.1, 0.15) is 19.3 Å². The third kappa shape index (κ3) is 65.3. The van der Waals surface area contributed by atoms with Gasteiger partial charge < -0.3 is 33.8 Å². The first-order valence-electron chi connectivity index (χ1n) is 37.9. The van der Waals surface area contributed by atoms with Crippen LogP contribution in [0.4, 0.5) is 0 Å². The Kier molecular flexibility index (Phi) is 63.7. The summed E-state index contributed by atoms with van der Waals surface area (Å²) in [4.78, 5) is 72.6. The van der Waals surface area contributed by atoms with Gasteiger partial charge in [-0.25, -0.2) is 9.13 Å². The molecule has 0 heterocycles. The van der Waals surface area contributed by atoms with E-state index in [0.29, 0.717) is 25.7 Å². The predicted molar refractivity (Wildman–Crippen MR) is 377 cm³/mol. The Morgan fingerprint density at radius 2 is 0.602 bits per heavy atom. The molecule has 0 aromatic rings. The number of allylic oxidation sites excluding steroid dienone is 4. The molecule has 0 aliphatic carbocycles. The van der Waals surface area contributed by atoms with E-state index < -0.39 is 97.5 Å². The van der Waals surface area contributed by atoms with Crippen LogP contribution >= 0.6 is 15.6 Å². The molecule has 0 saturated carbocycles. The molecule has 0 aromatic heterocycles. The van der Waals surface area contributed by atoms with E-state index in [-0.39, 0.29) is 25.7 Å². The highest BCUT2D eigenvalue weighted by Gasteiger charge is 2.30. The summed E-state index contributed by atoms with van der Waals surface area (Å²) in [5.74, 6) is -0.541. The number of ether oxygens (including phenoxy) is 4. The van der Waals surface area contributed by atoms with Crippen molar-refractivity contribution in [3.05, 3.63) is 24.3 Å². The van der Waals surface area contributed by atoms with Crippen molar-refractivity contribution in [1.82, 2.24) is 0 Å². The highest BCUT2D eigenvalue weighted by atomic mass is 31.2. The lowest BCUT2D eigenvalue weighted by Crippen LogP contribution is -2.30. The van der Waals surface area contributed by atoms with E-state index in [1.165, 1.54) is 148 Å². The van der Waals surface area contributed by atoms with Crippen LogP contribution < -0.4 is 0 Å². The molecule has 17 nitrogen and oxygen atoms in total. The van der Waals surface area contributed by atoms with Gasteiger partial charge in [0.25, 0.3) is 0 Å². The molecular weight excluding hydrogens is 1220 g/mol. The lowest BCUT2D eigenvalue weighted by molar-refractivity contribution is -0.161. The van der Waals surface area contributed by atoms with Crippen LogP contribution in [0, 0.1) is 11.8 Å². The van der Waals surface area contributed by atoms with E-state index >= 15 is 0 Å². The Balaban J connectivity index is 5.26. The standard InChI is InChI=1S/C74H140O17P2/c1-7-11-13-15-17-19-20-21-22-26-29-32-39-45-51-57-72(77)85-63-70(90-73(78)58-52-46-40-33-30-27-24-23-25-28-31-36-42-48-54-66(5)9-3)65-89-93(82,83)87-61-68(75)60-86-92(80,81)88-64-69(62-84-71(76)56-50-44-38-18-16-14-12-8-2)91-74(79)59-53-47-41-35-34-37-43-49-55-67(6)10-4/h19-22,66-70,75H,7-18,23-65H2,1-6H3,(H,80,81)(H,82,83)/b20-19-,22-21-/t66?,67?,68-,69+,70+/m0/s1. The fourth-order valence-electron chi connectivity index (χ4n) is 10.7. The van der Waals surface area contributed by atoms with E-state index in [4.69, 9.17) is 37.0 Å². The first kappa shape index (κ1) is 90.5. The number of hydrogen-bond acceptors (Lipinski definition) is 15. The third-order valence-electron chi connectivity index (χ3n) is 17.3. The average molecular weight is 1360 g/mol. The van der Waals surface area contributed by atoms with Crippen molar-refractivity contribution in [3.8, 4) is 0 Å². The first-order valence-corrected chi connectivity index (χ1v) is 40.9. The second-order valence-corrected chi connectivity index (χ2v) is 29.4. The Bertz CT molecular complexity index is 1900. The number of phosphoric ester groups is 2. The third-order valence-corrected chi connectivity index (χ3v) is 19.2. The minimum atomic E-state index is -4.96. The van der Waals surface area contributed by atoms with Gasteiger partial charge in [0, 0.05) is 25.7 Å². The number of esters is 4. The van der Waals surface area contributed by atoms with Crippen LogP contribution in [0.2, 0.25) is 0 Å². The summed E-state index contributed by atoms with van der Waals surface area (Å²) in [6, 6.07) is 0. The van der Waals surface area contributed by atoms with Gasteiger partial charge in [0.05, 0.1) is 26.4 Å². The number of hydrogen-bond donors (Lipinski definition) is 3. The van der Waals surface area contributed by atoms with E-state index in [0.717, 1.165) is 127 Å². The molecule has 4 unspecified atom stereocenters. The molecular formula is C74H140O17P2. The quantitative estimate of drug-likeness (QED) is 0.0169. The minimum Gasteiger partial charge on any atom is -0.462 e. The molecule has 0 radical (unpaired) electrons. The Morgan fingerprint density at radius 1 is 0.344 bits per heavy atom. The SMILES string of the molecule is CCCCCC/C=C\C=C/CCCCCCCC(=O)OC[C@H](COP(=O)(O)OC[C@@H](O)COP(=O)(O)OC[C@@H](COC(=O)CCCCCCCCCC)OC(=O)CCCCCCCCCCC(C)CC)OC(=O)CCCCCCCCCCCCCCCCC(C)CC. The van der Waals surface area contributed by atoms with Gasteiger partial charge in [-0.15, -0.1) is 0 Å². The smallest absolute Gasteiger partial charge is 0.462 e. The lowest BCUT2D eigenvalue weighted by atomic mass is 9.99. The van der Waals surface area contributed by atoms with E-state index in [1.54, 1.807) is 0 Å². The maximum atomic E-state index is 13.1. The predicted octanol–water partition coefficient (Wildman–Crippen LogP) is 21.1. The zero-order valence-electron chi connectivity index (χ0n) is 60.0. The molecule has 19 heteroatoms. The zero-order chi connectivity index (χ0) is 68.6. The second-order valence-electron chi connectivity index (χ2n) is 26.5. The fourth-order valence-corrected chi connectivity index (χ4v) is 12.3. The molecule has 0 rings (SSSR count). The van der Waals surface area contributed by atoms with Crippen molar-refractivity contribution in [2.45, 2.75) is 374 Å². The molecule has 3 N–H and O–H groups in total. The largest absolute Gasteiger partial charge is 0.472 e. The molecule has 7 atom stereocenters. The van der Waals surface area contributed by atoms with Crippen LogP contribution in [0.15, 0.2) is 24.3 Å². The molecule has 0 aromatic carbocycles. The summed E-state index contributed by atoms with van der Waals surface area (Å²) in [7, 11) is -9.92. The number of phosphoric acid groups is 2. The monoisotopic (exact) mass is 1360 g/mol. The van der Waals surface area contributed by atoms with Crippen molar-refractivity contribution in [2.75, 3.05) is 39.6 Å². The molecule has 0 amide bonds. The number of unbranched alkanes of at least 4 members (excludes halogenated alkanes) is 36. The molecule has 548 valence electrons. The lowest BCUT2D eigenvalue weighted by Gasteiger charge is -2.21. The maximum Gasteiger partial charge on any atom is 0.472 e. The van der Waals surface area contributed by atoms with Gasteiger partial charge >= 0.3 is 39.5 Å². The van der Waals surface area contributed by atoms with Gasteiger partial charge in [-0.05, 0) is 63.2 Å². The minimum absolute atomic E-state index is 0.101. The summed E-state index contributed by atoms with van der Waals surface area (Å²) in [5, 5.41) is 10.6. The van der Waals surface area contributed by atoms with Crippen molar-refractivity contribution < 1.29 is 80.2 Å². The van der Waals surface area contributed by atoms with Gasteiger partial charge in [-0.1, -0.05) is 303 Å². The zero-order valence-corrected chi connectivity index (χ0v) is 61.8. The van der Waals surface area contributed by atoms with E-state index in [2.05, 4.69) is 65.8 Å². The molecule has 0 bridgehead atoms.